The first-order valence-corrected chi connectivity index (χ1v) is 13.4. The van der Waals surface area contributed by atoms with Gasteiger partial charge in [0.15, 0.2) is 11.0 Å². The maximum atomic E-state index is 13.1. The summed E-state index contributed by atoms with van der Waals surface area (Å²) < 4.78 is 31.7. The Balaban J connectivity index is 1.58. The maximum absolute atomic E-state index is 13.1. The fraction of sp³-hybridized carbons (Fsp3) is 0.600. The molecule has 0 bridgehead atoms. The molecule has 11 heteroatoms. The van der Waals surface area contributed by atoms with Crippen LogP contribution in [0.2, 0.25) is 0 Å². The maximum Gasteiger partial charge on any atom is 0.243 e. The number of piperidine rings is 1. The SMILES string of the molecule is CCCCn1nnnc1CSc1nc2cc(S(=O)(=O)N3CCCCC3)ccc2n1CC. The lowest BCUT2D eigenvalue weighted by Crippen LogP contribution is -2.35. The average molecular weight is 464 g/mol. The molecule has 4 rings (SSSR count). The number of fused-ring (bicyclic) bond motifs is 1. The third-order valence-electron chi connectivity index (χ3n) is 5.61. The van der Waals surface area contributed by atoms with E-state index in [0.717, 1.165) is 61.7 Å². The van der Waals surface area contributed by atoms with Gasteiger partial charge in [0.2, 0.25) is 10.0 Å². The van der Waals surface area contributed by atoms with Crippen molar-refractivity contribution in [2.75, 3.05) is 13.1 Å². The van der Waals surface area contributed by atoms with Crippen molar-refractivity contribution in [2.45, 2.75) is 74.8 Å². The van der Waals surface area contributed by atoms with Crippen molar-refractivity contribution in [1.29, 1.82) is 0 Å². The zero-order valence-electron chi connectivity index (χ0n) is 18.1. The Labute approximate surface area is 187 Å². The number of rotatable bonds is 9. The van der Waals surface area contributed by atoms with Gasteiger partial charge in [0, 0.05) is 26.2 Å². The van der Waals surface area contributed by atoms with E-state index in [2.05, 4.69) is 33.9 Å². The largest absolute Gasteiger partial charge is 0.319 e. The topological polar surface area (TPSA) is 98.8 Å². The van der Waals surface area contributed by atoms with Crippen LogP contribution < -0.4 is 0 Å². The molecule has 1 fully saturated rings. The van der Waals surface area contributed by atoms with E-state index in [1.165, 1.54) is 0 Å². The van der Waals surface area contributed by atoms with Crippen molar-refractivity contribution in [1.82, 2.24) is 34.1 Å². The van der Waals surface area contributed by atoms with Gasteiger partial charge in [-0.05, 0) is 54.8 Å². The highest BCUT2D eigenvalue weighted by atomic mass is 32.2. The molecule has 1 aliphatic heterocycles. The van der Waals surface area contributed by atoms with Gasteiger partial charge >= 0.3 is 0 Å². The van der Waals surface area contributed by atoms with Gasteiger partial charge in [-0.25, -0.2) is 18.1 Å². The second-order valence-electron chi connectivity index (χ2n) is 7.71. The molecule has 168 valence electrons. The molecular formula is C20H29N7O2S2. The van der Waals surface area contributed by atoms with E-state index in [-0.39, 0.29) is 0 Å². The minimum absolute atomic E-state index is 0.322. The molecule has 0 saturated carbocycles. The van der Waals surface area contributed by atoms with Crippen LogP contribution in [-0.4, -0.2) is 55.6 Å². The molecule has 9 nitrogen and oxygen atoms in total. The van der Waals surface area contributed by atoms with Crippen LogP contribution in [0.1, 0.15) is 51.8 Å². The van der Waals surface area contributed by atoms with Gasteiger partial charge in [-0.3, -0.25) is 0 Å². The van der Waals surface area contributed by atoms with E-state index in [9.17, 15) is 8.42 Å². The van der Waals surface area contributed by atoms with Crippen LogP contribution in [-0.2, 0) is 28.9 Å². The van der Waals surface area contributed by atoms with Crippen molar-refractivity contribution in [2.24, 2.45) is 0 Å². The van der Waals surface area contributed by atoms with Crippen molar-refractivity contribution in [3.8, 4) is 0 Å². The highest BCUT2D eigenvalue weighted by Gasteiger charge is 2.26. The number of aryl methyl sites for hydroxylation is 2. The zero-order valence-corrected chi connectivity index (χ0v) is 19.7. The van der Waals surface area contributed by atoms with E-state index in [4.69, 9.17) is 4.98 Å². The lowest BCUT2D eigenvalue weighted by Gasteiger charge is -2.25. The minimum atomic E-state index is -3.48. The number of imidazole rings is 1. The molecule has 1 aromatic carbocycles. The van der Waals surface area contributed by atoms with Gasteiger partial charge < -0.3 is 4.57 Å². The summed E-state index contributed by atoms with van der Waals surface area (Å²) in [5.74, 6) is 1.43. The number of tetrazole rings is 1. The molecule has 0 N–H and O–H groups in total. The molecule has 2 aromatic heterocycles. The van der Waals surface area contributed by atoms with Gasteiger partial charge in [0.1, 0.15) is 0 Å². The predicted octanol–water partition coefficient (Wildman–Crippen LogP) is 3.31. The zero-order chi connectivity index (χ0) is 21.8. The van der Waals surface area contributed by atoms with E-state index in [0.29, 0.717) is 29.3 Å². The summed E-state index contributed by atoms with van der Waals surface area (Å²) in [5, 5.41) is 12.9. The van der Waals surface area contributed by atoms with Crippen LogP contribution in [0.3, 0.4) is 0 Å². The number of unbranched alkanes of at least 4 members (excludes halogenated alkanes) is 1. The lowest BCUT2D eigenvalue weighted by molar-refractivity contribution is 0.346. The third-order valence-corrected chi connectivity index (χ3v) is 8.48. The Morgan fingerprint density at radius 2 is 1.94 bits per heavy atom. The Bertz CT molecular complexity index is 1130. The molecule has 1 saturated heterocycles. The van der Waals surface area contributed by atoms with Gasteiger partial charge in [0.05, 0.1) is 21.7 Å². The van der Waals surface area contributed by atoms with Crippen LogP contribution in [0, 0.1) is 0 Å². The normalized spacial score (nSPS) is 15.7. The van der Waals surface area contributed by atoms with Crippen molar-refractivity contribution >= 4 is 32.8 Å². The van der Waals surface area contributed by atoms with E-state index in [1.54, 1.807) is 28.2 Å². The monoisotopic (exact) mass is 463 g/mol. The second-order valence-corrected chi connectivity index (χ2v) is 10.6. The molecule has 0 atom stereocenters. The summed E-state index contributed by atoms with van der Waals surface area (Å²) in [6.45, 7) is 6.95. The summed E-state index contributed by atoms with van der Waals surface area (Å²) in [6.07, 6.45) is 5.05. The Hall–Kier alpha value is -1.98. The van der Waals surface area contributed by atoms with Crippen LogP contribution in [0.5, 0.6) is 0 Å². The Morgan fingerprint density at radius 3 is 2.68 bits per heavy atom. The Morgan fingerprint density at radius 1 is 1.13 bits per heavy atom. The summed E-state index contributed by atoms with van der Waals surface area (Å²) in [7, 11) is -3.48. The van der Waals surface area contributed by atoms with Crippen molar-refractivity contribution in [3.05, 3.63) is 24.0 Å². The highest BCUT2D eigenvalue weighted by molar-refractivity contribution is 7.98. The summed E-state index contributed by atoms with van der Waals surface area (Å²) in [4.78, 5) is 5.08. The van der Waals surface area contributed by atoms with Crippen molar-refractivity contribution < 1.29 is 8.42 Å². The summed E-state index contributed by atoms with van der Waals surface area (Å²) >= 11 is 1.57. The number of sulfonamides is 1. The molecule has 0 amide bonds. The fourth-order valence-corrected chi connectivity index (χ4v) is 6.40. The first-order valence-electron chi connectivity index (χ1n) is 10.9. The number of nitrogens with zero attached hydrogens (tertiary/aromatic N) is 7. The van der Waals surface area contributed by atoms with Crippen LogP contribution >= 0.6 is 11.8 Å². The van der Waals surface area contributed by atoms with Crippen LogP contribution in [0.4, 0.5) is 0 Å². The van der Waals surface area contributed by atoms with Gasteiger partial charge in [-0.2, -0.15) is 4.31 Å². The van der Waals surface area contributed by atoms with Crippen LogP contribution in [0.15, 0.2) is 28.3 Å². The second kappa shape index (κ2) is 9.66. The number of benzene rings is 1. The number of aromatic nitrogens is 6. The van der Waals surface area contributed by atoms with Gasteiger partial charge in [-0.1, -0.05) is 31.5 Å². The molecule has 1 aliphatic rings. The van der Waals surface area contributed by atoms with E-state index in [1.807, 2.05) is 10.7 Å². The molecule has 0 spiro atoms. The average Bonchev–Trinajstić information content (AvgIpc) is 3.39. The Kier molecular flexibility index (Phi) is 6.92. The molecular weight excluding hydrogens is 434 g/mol. The standard InChI is InChI=1S/C20H29N7O2S2/c1-3-5-13-27-19(22-23-24-27)15-30-20-21-17-14-16(9-10-18(17)26(20)4-2)31(28,29)25-11-7-6-8-12-25/h9-10,14H,3-8,11-13,15H2,1-2H3. The van der Waals surface area contributed by atoms with E-state index < -0.39 is 10.0 Å². The third kappa shape index (κ3) is 4.63. The molecule has 0 radical (unpaired) electrons. The highest BCUT2D eigenvalue weighted by Crippen LogP contribution is 2.29. The molecule has 31 heavy (non-hydrogen) atoms. The predicted molar refractivity (Wildman–Crippen MR) is 120 cm³/mol. The number of hydrogen-bond donors (Lipinski definition) is 0. The summed E-state index contributed by atoms with van der Waals surface area (Å²) in [5.41, 5.74) is 1.64. The summed E-state index contributed by atoms with van der Waals surface area (Å²) in [6, 6.07) is 5.29. The molecule has 0 aliphatic carbocycles. The van der Waals surface area contributed by atoms with Crippen LogP contribution in [0.25, 0.3) is 11.0 Å². The number of thioether (sulfide) groups is 1. The molecule has 3 aromatic rings. The quantitative estimate of drug-likeness (QED) is 0.449. The molecule has 0 unspecified atom stereocenters. The first kappa shape index (κ1) is 22.2. The van der Waals surface area contributed by atoms with Crippen molar-refractivity contribution in [3.63, 3.8) is 0 Å². The fourth-order valence-electron chi connectivity index (χ4n) is 3.86. The van der Waals surface area contributed by atoms with Gasteiger partial charge in [0.25, 0.3) is 0 Å². The van der Waals surface area contributed by atoms with E-state index >= 15 is 0 Å². The first-order chi connectivity index (χ1) is 15.0. The van der Waals surface area contributed by atoms with Gasteiger partial charge in [-0.15, -0.1) is 5.10 Å². The minimum Gasteiger partial charge on any atom is -0.319 e. The molecule has 3 heterocycles. The lowest BCUT2D eigenvalue weighted by atomic mass is 10.2. The smallest absolute Gasteiger partial charge is 0.243 e. The number of hydrogen-bond acceptors (Lipinski definition) is 7.